The number of hydrogen-bond donors (Lipinski definition) is 4. The van der Waals surface area contributed by atoms with Crippen LogP contribution in [0.4, 0.5) is 27.2 Å². The third-order valence-corrected chi connectivity index (χ3v) is 9.37. The first-order valence-corrected chi connectivity index (χ1v) is 15.9. The SMILES string of the molecule is C#C[C@]1(CN2Cc3cc(F)c(OC)c(F)c3C2=O)NC(=O)NC1=O.COc1c(F)cc2c(c1F)C(=O)N(C[C@@]1(c3cc4cnccc4o3)NC(=O)NC1=O)C2. The number of ether oxygens (including phenoxy) is 2. The number of fused-ring (bicyclic) bond motifs is 3. The molecule has 0 radical (unpaired) electrons. The molecule has 0 saturated carbocycles. The molecule has 2 saturated heterocycles. The van der Waals surface area contributed by atoms with E-state index in [-0.39, 0.29) is 54.2 Å². The first kappa shape index (κ1) is 36.2. The maximum absolute atomic E-state index is 14.7. The smallest absolute Gasteiger partial charge is 0.323 e. The summed E-state index contributed by atoms with van der Waals surface area (Å²) in [5.74, 6) is -6.29. The zero-order valence-corrected chi connectivity index (χ0v) is 28.4. The van der Waals surface area contributed by atoms with Crippen LogP contribution in [-0.4, -0.2) is 83.3 Å². The van der Waals surface area contributed by atoms with Crippen LogP contribution in [0.3, 0.4) is 0 Å². The van der Waals surface area contributed by atoms with E-state index in [1.54, 1.807) is 6.07 Å². The normalized spacial score (nSPS) is 21.0. The van der Waals surface area contributed by atoms with Crippen molar-refractivity contribution in [3.05, 3.63) is 87.9 Å². The molecule has 4 aliphatic heterocycles. The lowest BCUT2D eigenvalue weighted by Crippen LogP contribution is -2.54. The van der Waals surface area contributed by atoms with Crippen LogP contribution in [0.25, 0.3) is 11.0 Å². The molecule has 2 aromatic carbocycles. The van der Waals surface area contributed by atoms with E-state index < -0.39 is 81.5 Å². The van der Waals surface area contributed by atoms with Gasteiger partial charge in [-0.2, -0.15) is 0 Å². The number of terminal acetylenes is 1. The van der Waals surface area contributed by atoms with Crippen molar-refractivity contribution >= 4 is 46.7 Å². The number of furan rings is 1. The Hall–Kier alpha value is -7.17. The number of hydrogen-bond acceptors (Lipinski definition) is 10. The summed E-state index contributed by atoms with van der Waals surface area (Å²) in [5.41, 5.74) is -3.56. The number of halogens is 4. The van der Waals surface area contributed by atoms with Crippen molar-refractivity contribution in [2.45, 2.75) is 24.2 Å². The Morgan fingerprint density at radius 1 is 0.818 bits per heavy atom. The van der Waals surface area contributed by atoms with Gasteiger partial charge < -0.3 is 34.3 Å². The second kappa shape index (κ2) is 13.0. The van der Waals surface area contributed by atoms with Gasteiger partial charge in [-0.15, -0.1) is 6.42 Å². The molecule has 16 nitrogen and oxygen atoms in total. The maximum atomic E-state index is 14.7. The third kappa shape index (κ3) is 5.67. The van der Waals surface area contributed by atoms with Gasteiger partial charge in [0, 0.05) is 30.9 Å². The molecule has 2 aromatic heterocycles. The Labute approximate surface area is 306 Å². The number of benzene rings is 2. The van der Waals surface area contributed by atoms with Gasteiger partial charge in [0.05, 0.1) is 38.4 Å². The molecule has 55 heavy (non-hydrogen) atoms. The number of nitrogens with one attached hydrogen (secondary N) is 4. The molecule has 8 amide bonds. The molecule has 2 atom stereocenters. The predicted molar refractivity (Wildman–Crippen MR) is 176 cm³/mol. The van der Waals surface area contributed by atoms with E-state index >= 15 is 0 Å². The molecule has 0 aliphatic carbocycles. The topological polar surface area (TPSA) is 202 Å². The second-order valence-electron chi connectivity index (χ2n) is 12.6. The number of imide groups is 2. The van der Waals surface area contributed by atoms with Crippen LogP contribution >= 0.6 is 0 Å². The third-order valence-electron chi connectivity index (χ3n) is 9.37. The van der Waals surface area contributed by atoms with E-state index in [0.717, 1.165) is 36.2 Å². The van der Waals surface area contributed by atoms with Gasteiger partial charge in [-0.3, -0.25) is 34.8 Å². The minimum Gasteiger partial charge on any atom is -0.491 e. The summed E-state index contributed by atoms with van der Waals surface area (Å²) in [6, 6.07) is 3.56. The molecular weight excluding hydrogens is 738 g/mol. The van der Waals surface area contributed by atoms with E-state index in [1.807, 2.05) is 5.32 Å². The van der Waals surface area contributed by atoms with Gasteiger partial charge in [-0.1, -0.05) is 5.92 Å². The number of amides is 8. The largest absolute Gasteiger partial charge is 0.491 e. The zero-order valence-electron chi connectivity index (χ0n) is 28.4. The van der Waals surface area contributed by atoms with Crippen molar-refractivity contribution in [2.75, 3.05) is 27.3 Å². The van der Waals surface area contributed by atoms with Gasteiger partial charge in [0.1, 0.15) is 11.3 Å². The fraction of sp³-hybridized carbons (Fsp3) is 0.229. The van der Waals surface area contributed by atoms with Gasteiger partial charge in [0.25, 0.3) is 23.6 Å². The van der Waals surface area contributed by atoms with E-state index in [9.17, 15) is 46.3 Å². The highest BCUT2D eigenvalue weighted by Crippen LogP contribution is 2.38. The average Bonchev–Trinajstić information content (AvgIpc) is 3.92. The van der Waals surface area contributed by atoms with Crippen LogP contribution in [0, 0.1) is 35.6 Å². The Morgan fingerprint density at radius 2 is 1.36 bits per heavy atom. The molecule has 4 N–H and O–H groups in total. The van der Waals surface area contributed by atoms with Gasteiger partial charge in [-0.05, 0) is 35.4 Å². The van der Waals surface area contributed by atoms with Crippen LogP contribution in [-0.2, 0) is 28.2 Å². The van der Waals surface area contributed by atoms with Crippen LogP contribution in [0.2, 0.25) is 0 Å². The number of carbonyl (C=O) groups excluding carboxylic acids is 6. The van der Waals surface area contributed by atoms with Gasteiger partial charge in [-0.25, -0.2) is 27.2 Å². The second-order valence-corrected chi connectivity index (χ2v) is 12.6. The number of carbonyl (C=O) groups is 6. The number of methoxy groups -OCH3 is 2. The highest BCUT2D eigenvalue weighted by molar-refractivity contribution is 6.10. The van der Waals surface area contributed by atoms with Crippen molar-refractivity contribution in [1.82, 2.24) is 36.1 Å². The summed E-state index contributed by atoms with van der Waals surface area (Å²) in [5, 5.41) is 9.49. The molecule has 4 aromatic rings. The number of pyridine rings is 1. The molecule has 2 fully saturated rings. The molecule has 0 unspecified atom stereocenters. The predicted octanol–water partition coefficient (Wildman–Crippen LogP) is 1.95. The first-order valence-electron chi connectivity index (χ1n) is 15.9. The first-order chi connectivity index (χ1) is 26.2. The highest BCUT2D eigenvalue weighted by Gasteiger charge is 2.53. The molecular formula is C35H25F4N7O9. The molecule has 20 heteroatoms. The van der Waals surface area contributed by atoms with E-state index in [4.69, 9.17) is 15.6 Å². The van der Waals surface area contributed by atoms with Crippen LogP contribution in [0.1, 0.15) is 37.6 Å². The quantitative estimate of drug-likeness (QED) is 0.123. The van der Waals surface area contributed by atoms with E-state index in [1.165, 1.54) is 18.5 Å². The van der Waals surface area contributed by atoms with Crippen molar-refractivity contribution in [3.63, 3.8) is 0 Å². The minimum absolute atomic E-state index is 0.0758. The van der Waals surface area contributed by atoms with Crippen LogP contribution < -0.4 is 30.7 Å². The Morgan fingerprint density at radius 3 is 1.84 bits per heavy atom. The van der Waals surface area contributed by atoms with E-state index in [0.29, 0.717) is 11.0 Å². The van der Waals surface area contributed by atoms with E-state index in [2.05, 4.69) is 31.6 Å². The summed E-state index contributed by atoms with van der Waals surface area (Å²) < 4.78 is 71.9. The lowest BCUT2D eigenvalue weighted by atomic mass is 9.95. The Kier molecular flexibility index (Phi) is 8.59. The Balaban J connectivity index is 0.000000175. The summed E-state index contributed by atoms with van der Waals surface area (Å²) in [4.78, 5) is 79.6. The summed E-state index contributed by atoms with van der Waals surface area (Å²) in [7, 11) is 2.17. The van der Waals surface area contributed by atoms with Crippen LogP contribution in [0.5, 0.6) is 11.5 Å². The molecule has 8 rings (SSSR count). The molecule has 0 bridgehead atoms. The molecule has 282 valence electrons. The maximum Gasteiger partial charge on any atom is 0.323 e. The number of rotatable bonds is 7. The molecule has 0 spiro atoms. The van der Waals surface area contributed by atoms with Gasteiger partial charge in [0.15, 0.2) is 45.8 Å². The van der Waals surface area contributed by atoms with Crippen molar-refractivity contribution < 1.29 is 60.2 Å². The van der Waals surface area contributed by atoms with Gasteiger partial charge in [0.2, 0.25) is 0 Å². The minimum atomic E-state index is -1.76. The number of nitrogens with zero attached hydrogens (tertiary/aromatic N) is 3. The fourth-order valence-electron chi connectivity index (χ4n) is 6.78. The summed E-state index contributed by atoms with van der Waals surface area (Å²) in [6.45, 7) is -1.07. The summed E-state index contributed by atoms with van der Waals surface area (Å²) in [6.07, 6.45) is 8.35. The summed E-state index contributed by atoms with van der Waals surface area (Å²) >= 11 is 0. The lowest BCUT2D eigenvalue weighted by molar-refractivity contribution is -0.125. The average molecular weight is 764 g/mol. The fourth-order valence-corrected chi connectivity index (χ4v) is 6.78. The van der Waals surface area contributed by atoms with Crippen LogP contribution in [0.15, 0.2) is 41.1 Å². The number of urea groups is 2. The standard InChI is InChI=1S/C20H14F2N4O5.C15H11F2N3O4/c1-30-16-11(21)4-10-7-26(17(27)14(10)15(16)22)8-20(18(28)24-19(29)25-20)13-5-9-6-23-3-2-12(9)31-13;1-3-15(13(22)18-14(23)19-15)6-20-5-7-4-8(16)11(24-2)10(17)9(7)12(20)21/h2-6H,7-8H2,1H3,(H2,24,25,28,29);1,4H,5-6H2,2H3,(H2,18,19,22,23)/t20-;15-/m01/s1. The Bertz CT molecular complexity index is 2420. The lowest BCUT2D eigenvalue weighted by Gasteiger charge is -2.29. The molecule has 6 heterocycles. The van der Waals surface area contributed by atoms with Crippen molar-refractivity contribution in [2.24, 2.45) is 0 Å². The van der Waals surface area contributed by atoms with Crippen molar-refractivity contribution in [1.29, 1.82) is 0 Å². The highest BCUT2D eigenvalue weighted by atomic mass is 19.1. The van der Waals surface area contributed by atoms with Gasteiger partial charge >= 0.3 is 12.1 Å². The number of aromatic nitrogens is 1. The van der Waals surface area contributed by atoms with Crippen molar-refractivity contribution in [3.8, 4) is 23.8 Å². The zero-order chi connectivity index (χ0) is 39.6. The molecule has 4 aliphatic rings. The monoisotopic (exact) mass is 763 g/mol.